The number of ether oxygens (including phenoxy) is 1. The van der Waals surface area contributed by atoms with Gasteiger partial charge in [0.1, 0.15) is 22.8 Å². The number of aryl methyl sites for hydroxylation is 3. The molecule has 0 fully saturated rings. The smallest absolute Gasteiger partial charge is 0.192 e. The molecule has 1 aromatic heterocycles. The minimum atomic E-state index is -0.593. The SMILES string of the molecule is Cc1ccc2c(c1)C1(c3ccccc3Oc3ccccc31)c1cc(C)ccc1N2c1ccc2c(=O)cc(C)oc2c1. The fourth-order valence-electron chi connectivity index (χ4n) is 6.82. The molecule has 0 unspecified atom stereocenters. The average molecular weight is 534 g/mol. The third-order valence-electron chi connectivity index (χ3n) is 8.49. The first kappa shape index (κ1) is 23.8. The van der Waals surface area contributed by atoms with Crippen LogP contribution in [-0.4, -0.2) is 0 Å². The normalized spacial score (nSPS) is 14.2. The minimum Gasteiger partial charge on any atom is -0.461 e. The minimum absolute atomic E-state index is 0.0321. The van der Waals surface area contributed by atoms with Gasteiger partial charge in [0.05, 0.1) is 22.2 Å². The Morgan fingerprint density at radius 2 is 1.20 bits per heavy atom. The number of anilines is 3. The number of benzene rings is 5. The Hall–Kier alpha value is -5.09. The highest BCUT2D eigenvalue weighted by Gasteiger charge is 2.51. The molecule has 0 bridgehead atoms. The summed E-state index contributed by atoms with van der Waals surface area (Å²) in [6.45, 7) is 6.11. The van der Waals surface area contributed by atoms with E-state index in [-0.39, 0.29) is 5.43 Å². The van der Waals surface area contributed by atoms with E-state index >= 15 is 0 Å². The number of para-hydroxylation sites is 2. The number of hydrogen-bond acceptors (Lipinski definition) is 4. The lowest BCUT2D eigenvalue weighted by Gasteiger charge is -2.48. The van der Waals surface area contributed by atoms with Crippen LogP contribution in [0.25, 0.3) is 11.0 Å². The highest BCUT2D eigenvalue weighted by atomic mass is 16.5. The van der Waals surface area contributed by atoms with Crippen LogP contribution in [0.2, 0.25) is 0 Å². The van der Waals surface area contributed by atoms with Gasteiger partial charge >= 0.3 is 0 Å². The van der Waals surface area contributed by atoms with Gasteiger partial charge < -0.3 is 14.1 Å². The molecule has 8 rings (SSSR count). The van der Waals surface area contributed by atoms with Crippen molar-refractivity contribution in [3.8, 4) is 11.5 Å². The Labute approximate surface area is 238 Å². The van der Waals surface area contributed by atoms with Crippen LogP contribution in [0.5, 0.6) is 11.5 Å². The zero-order chi connectivity index (χ0) is 27.9. The molecular formula is C37H27NO3. The van der Waals surface area contributed by atoms with Gasteiger partial charge in [-0.15, -0.1) is 0 Å². The summed E-state index contributed by atoms with van der Waals surface area (Å²) in [6.07, 6.45) is 0. The van der Waals surface area contributed by atoms with Gasteiger partial charge in [-0.05, 0) is 68.3 Å². The van der Waals surface area contributed by atoms with Gasteiger partial charge in [-0.2, -0.15) is 0 Å². The summed E-state index contributed by atoms with van der Waals surface area (Å²) in [5, 5.41) is 0.577. The van der Waals surface area contributed by atoms with Crippen LogP contribution in [0.3, 0.4) is 0 Å². The Kier molecular flexibility index (Phi) is 4.90. The molecule has 0 N–H and O–H groups in total. The van der Waals surface area contributed by atoms with Crippen molar-refractivity contribution >= 4 is 28.0 Å². The van der Waals surface area contributed by atoms with Crippen molar-refractivity contribution in [1.29, 1.82) is 0 Å². The van der Waals surface area contributed by atoms with Crippen LogP contribution in [0.15, 0.2) is 118 Å². The first-order valence-corrected chi connectivity index (χ1v) is 13.9. The van der Waals surface area contributed by atoms with Gasteiger partial charge in [0.15, 0.2) is 5.43 Å². The molecular weight excluding hydrogens is 506 g/mol. The molecule has 0 atom stereocenters. The maximum absolute atomic E-state index is 12.7. The molecule has 4 heteroatoms. The fourth-order valence-corrected chi connectivity index (χ4v) is 6.82. The summed E-state index contributed by atoms with van der Waals surface area (Å²) in [5.41, 5.74) is 10.0. The summed E-state index contributed by atoms with van der Waals surface area (Å²) >= 11 is 0. The zero-order valence-electron chi connectivity index (χ0n) is 23.1. The molecule has 3 heterocycles. The molecule has 4 nitrogen and oxygen atoms in total. The highest BCUT2D eigenvalue weighted by Crippen LogP contribution is 2.62. The van der Waals surface area contributed by atoms with Crippen molar-refractivity contribution in [3.63, 3.8) is 0 Å². The van der Waals surface area contributed by atoms with Crippen LogP contribution in [0.1, 0.15) is 39.1 Å². The molecule has 0 saturated heterocycles. The van der Waals surface area contributed by atoms with E-state index in [4.69, 9.17) is 9.15 Å². The molecule has 0 radical (unpaired) electrons. The number of rotatable bonds is 1. The Bertz CT molecular complexity index is 2000. The maximum atomic E-state index is 12.7. The van der Waals surface area contributed by atoms with E-state index in [1.54, 1.807) is 6.07 Å². The number of hydrogen-bond donors (Lipinski definition) is 0. The van der Waals surface area contributed by atoms with Crippen molar-refractivity contribution in [1.82, 2.24) is 0 Å². The lowest BCUT2D eigenvalue weighted by atomic mass is 9.61. The van der Waals surface area contributed by atoms with Crippen LogP contribution in [0, 0.1) is 20.8 Å². The zero-order valence-corrected chi connectivity index (χ0v) is 23.1. The van der Waals surface area contributed by atoms with Crippen molar-refractivity contribution < 1.29 is 9.15 Å². The van der Waals surface area contributed by atoms with E-state index < -0.39 is 5.41 Å². The van der Waals surface area contributed by atoms with Crippen molar-refractivity contribution in [2.24, 2.45) is 0 Å². The van der Waals surface area contributed by atoms with Gasteiger partial charge in [0.2, 0.25) is 0 Å². The Balaban J connectivity index is 1.52. The second-order valence-electron chi connectivity index (χ2n) is 11.1. The largest absolute Gasteiger partial charge is 0.461 e. The lowest BCUT2D eigenvalue weighted by Crippen LogP contribution is -2.39. The second kappa shape index (κ2) is 8.45. The van der Waals surface area contributed by atoms with Gasteiger partial charge in [-0.1, -0.05) is 71.8 Å². The van der Waals surface area contributed by atoms with E-state index in [0.717, 1.165) is 39.7 Å². The van der Waals surface area contributed by atoms with Gasteiger partial charge in [-0.25, -0.2) is 0 Å². The Morgan fingerprint density at radius 3 is 1.80 bits per heavy atom. The predicted molar refractivity (Wildman–Crippen MR) is 163 cm³/mol. The van der Waals surface area contributed by atoms with Crippen LogP contribution in [0.4, 0.5) is 17.1 Å². The monoisotopic (exact) mass is 533 g/mol. The first-order chi connectivity index (χ1) is 19.9. The molecule has 198 valence electrons. The van der Waals surface area contributed by atoms with Crippen LogP contribution in [-0.2, 0) is 5.41 Å². The van der Waals surface area contributed by atoms with Gasteiger partial charge in [-0.3, -0.25) is 4.79 Å². The summed E-state index contributed by atoms with van der Waals surface area (Å²) in [4.78, 5) is 15.0. The topological polar surface area (TPSA) is 42.7 Å². The number of nitrogens with zero attached hydrogens (tertiary/aromatic N) is 1. The quantitative estimate of drug-likeness (QED) is 0.211. The summed E-state index contributed by atoms with van der Waals surface area (Å²) < 4.78 is 12.6. The fraction of sp³-hybridized carbons (Fsp3) is 0.108. The maximum Gasteiger partial charge on any atom is 0.192 e. The van der Waals surface area contributed by atoms with Crippen LogP contribution < -0.4 is 15.1 Å². The molecule has 0 saturated carbocycles. The number of fused-ring (bicyclic) bond motifs is 9. The van der Waals surface area contributed by atoms with Crippen molar-refractivity contribution in [2.45, 2.75) is 26.2 Å². The summed E-state index contributed by atoms with van der Waals surface area (Å²) in [5.74, 6) is 2.32. The van der Waals surface area contributed by atoms with Crippen LogP contribution >= 0.6 is 0 Å². The lowest BCUT2D eigenvalue weighted by molar-refractivity contribution is 0.434. The first-order valence-electron chi connectivity index (χ1n) is 13.9. The van der Waals surface area contributed by atoms with E-state index in [1.807, 2.05) is 37.3 Å². The van der Waals surface area contributed by atoms with E-state index in [0.29, 0.717) is 16.7 Å². The molecule has 2 aliphatic heterocycles. The van der Waals surface area contributed by atoms with E-state index in [9.17, 15) is 4.79 Å². The van der Waals surface area contributed by atoms with Crippen molar-refractivity contribution in [3.05, 3.63) is 159 Å². The van der Waals surface area contributed by atoms with E-state index in [1.165, 1.54) is 22.3 Å². The van der Waals surface area contributed by atoms with E-state index in [2.05, 4.69) is 91.5 Å². The third kappa shape index (κ3) is 3.25. The molecule has 2 aliphatic rings. The van der Waals surface area contributed by atoms with Crippen molar-refractivity contribution in [2.75, 3.05) is 4.90 Å². The molecule has 41 heavy (non-hydrogen) atoms. The molecule has 5 aromatic carbocycles. The third-order valence-corrected chi connectivity index (χ3v) is 8.49. The molecule has 0 aliphatic carbocycles. The Morgan fingerprint density at radius 1 is 0.610 bits per heavy atom. The standard InChI is InChI=1S/C37H27NO3/c1-22-12-16-31-29(18-22)37(27-8-4-6-10-34(27)41-35-11-7-5-9-28(35)37)30-19-23(2)13-17-32(30)38(31)25-14-15-26-33(39)20-24(3)40-36(26)21-25/h4-21H,1-3H3. The highest BCUT2D eigenvalue weighted by molar-refractivity contribution is 5.93. The second-order valence-corrected chi connectivity index (χ2v) is 11.1. The molecule has 1 spiro atoms. The summed E-state index contributed by atoms with van der Waals surface area (Å²) in [7, 11) is 0. The van der Waals surface area contributed by atoms with Gasteiger partial charge in [0, 0.05) is 28.9 Å². The molecule has 0 amide bonds. The average Bonchev–Trinajstić information content (AvgIpc) is 2.97. The van der Waals surface area contributed by atoms with Gasteiger partial charge in [0.25, 0.3) is 0 Å². The summed E-state index contributed by atoms with van der Waals surface area (Å²) in [6, 6.07) is 37.6. The molecule has 6 aromatic rings. The predicted octanol–water partition coefficient (Wildman–Crippen LogP) is 8.99.